The van der Waals surface area contributed by atoms with Gasteiger partial charge in [-0.3, -0.25) is 0 Å². The first-order valence-corrected chi connectivity index (χ1v) is 4.87. The van der Waals surface area contributed by atoms with Crippen LogP contribution in [0.25, 0.3) is 0 Å². The Morgan fingerprint density at radius 3 is 2.73 bits per heavy atom. The first-order chi connectivity index (χ1) is 7.24. The molecule has 1 amide bonds. The number of hydrogen-bond acceptors (Lipinski definition) is 3. The topological polar surface area (TPSA) is 58.6 Å². The van der Waals surface area contributed by atoms with Gasteiger partial charge < -0.3 is 15.2 Å². The quantitative estimate of drug-likeness (QED) is 0.789. The highest BCUT2D eigenvalue weighted by atomic mass is 16.5. The molecule has 1 atom stereocenters. The van der Waals surface area contributed by atoms with Crippen LogP contribution in [-0.4, -0.2) is 24.4 Å². The lowest BCUT2D eigenvalue weighted by Crippen LogP contribution is -2.28. The fraction of sp³-hybridized carbons (Fsp3) is 0.364. The number of alkyl carbamates (subject to hydrolysis) is 1. The number of aliphatic hydroxyl groups is 1. The summed E-state index contributed by atoms with van der Waals surface area (Å²) in [6.07, 6.45) is -1.21. The van der Waals surface area contributed by atoms with E-state index in [2.05, 4.69) is 10.1 Å². The minimum Gasteiger partial charge on any atom is -0.450 e. The Hall–Kier alpha value is -1.55. The van der Waals surface area contributed by atoms with Gasteiger partial charge in [-0.25, -0.2) is 4.79 Å². The number of ether oxygens (including phenoxy) is 1. The van der Waals surface area contributed by atoms with Gasteiger partial charge in [-0.15, -0.1) is 0 Å². The zero-order valence-electron chi connectivity index (χ0n) is 8.64. The van der Waals surface area contributed by atoms with Crippen LogP contribution in [0.1, 0.15) is 18.6 Å². The second-order valence-corrected chi connectivity index (χ2v) is 3.03. The minimum atomic E-state index is -0.699. The largest absolute Gasteiger partial charge is 0.450 e. The molecule has 0 aromatic heterocycles. The van der Waals surface area contributed by atoms with E-state index in [0.717, 1.165) is 5.56 Å². The van der Waals surface area contributed by atoms with Crippen LogP contribution < -0.4 is 5.32 Å². The molecule has 0 aliphatic heterocycles. The molecular weight excluding hydrogens is 194 g/mol. The van der Waals surface area contributed by atoms with E-state index in [1.165, 1.54) is 0 Å². The summed E-state index contributed by atoms with van der Waals surface area (Å²) in [6, 6.07) is 9.15. The maximum atomic E-state index is 10.9. The van der Waals surface area contributed by atoms with Crippen molar-refractivity contribution in [1.82, 2.24) is 5.32 Å². The summed E-state index contributed by atoms with van der Waals surface area (Å²) < 4.78 is 4.67. The van der Waals surface area contributed by atoms with Gasteiger partial charge in [0.15, 0.2) is 0 Å². The van der Waals surface area contributed by atoms with Gasteiger partial charge in [-0.2, -0.15) is 0 Å². The smallest absolute Gasteiger partial charge is 0.407 e. The van der Waals surface area contributed by atoms with Crippen LogP contribution in [0.15, 0.2) is 30.3 Å². The predicted octanol–water partition coefficient (Wildman–Crippen LogP) is 1.47. The number of amides is 1. The van der Waals surface area contributed by atoms with Gasteiger partial charge in [0.2, 0.25) is 0 Å². The Bertz CT molecular complexity index is 300. The highest BCUT2D eigenvalue weighted by molar-refractivity contribution is 5.67. The van der Waals surface area contributed by atoms with E-state index in [0.29, 0.717) is 6.61 Å². The second-order valence-electron chi connectivity index (χ2n) is 3.03. The molecule has 82 valence electrons. The summed E-state index contributed by atoms with van der Waals surface area (Å²) in [4.78, 5) is 10.9. The lowest BCUT2D eigenvalue weighted by molar-refractivity contribution is 0.135. The molecule has 1 aromatic rings. The van der Waals surface area contributed by atoms with Crippen molar-refractivity contribution >= 4 is 6.09 Å². The van der Waals surface area contributed by atoms with Crippen LogP contribution in [0, 0.1) is 0 Å². The van der Waals surface area contributed by atoms with Crippen LogP contribution in [0.4, 0.5) is 4.79 Å². The molecule has 0 bridgehead atoms. The summed E-state index contributed by atoms with van der Waals surface area (Å²) >= 11 is 0. The van der Waals surface area contributed by atoms with E-state index in [1.807, 2.05) is 18.2 Å². The van der Waals surface area contributed by atoms with Gasteiger partial charge in [0.05, 0.1) is 19.3 Å². The molecule has 0 radical (unpaired) electrons. The highest BCUT2D eigenvalue weighted by Gasteiger charge is 2.08. The van der Waals surface area contributed by atoms with Crippen LogP contribution >= 0.6 is 0 Å². The zero-order chi connectivity index (χ0) is 11.1. The highest BCUT2D eigenvalue weighted by Crippen LogP contribution is 2.10. The molecule has 1 aromatic carbocycles. The van der Waals surface area contributed by atoms with Gasteiger partial charge in [-0.05, 0) is 12.5 Å². The third-order valence-corrected chi connectivity index (χ3v) is 1.90. The molecule has 0 heterocycles. The van der Waals surface area contributed by atoms with E-state index in [4.69, 9.17) is 0 Å². The molecule has 15 heavy (non-hydrogen) atoms. The van der Waals surface area contributed by atoms with Crippen molar-refractivity contribution in [3.05, 3.63) is 35.9 Å². The number of nitrogens with one attached hydrogen (secondary N) is 1. The molecular formula is C11H15NO3. The van der Waals surface area contributed by atoms with Crippen molar-refractivity contribution in [2.24, 2.45) is 0 Å². The van der Waals surface area contributed by atoms with Crippen LogP contribution in [0.5, 0.6) is 0 Å². The number of carbonyl (C=O) groups is 1. The van der Waals surface area contributed by atoms with Gasteiger partial charge in [0.1, 0.15) is 0 Å². The van der Waals surface area contributed by atoms with Crippen LogP contribution in [0.3, 0.4) is 0 Å². The summed E-state index contributed by atoms with van der Waals surface area (Å²) in [5.41, 5.74) is 0.772. The Balaban J connectivity index is 2.37. The monoisotopic (exact) mass is 209 g/mol. The molecule has 4 nitrogen and oxygen atoms in total. The van der Waals surface area contributed by atoms with E-state index in [-0.39, 0.29) is 6.54 Å². The van der Waals surface area contributed by atoms with Crippen LogP contribution in [0.2, 0.25) is 0 Å². The van der Waals surface area contributed by atoms with Gasteiger partial charge >= 0.3 is 6.09 Å². The summed E-state index contributed by atoms with van der Waals surface area (Å²) in [5, 5.41) is 12.1. The summed E-state index contributed by atoms with van der Waals surface area (Å²) in [5.74, 6) is 0. The molecule has 0 aliphatic carbocycles. The number of rotatable bonds is 4. The molecule has 2 N–H and O–H groups in total. The molecule has 0 saturated heterocycles. The van der Waals surface area contributed by atoms with Crippen molar-refractivity contribution in [3.8, 4) is 0 Å². The normalized spacial score (nSPS) is 11.9. The van der Waals surface area contributed by atoms with Crippen molar-refractivity contribution in [3.63, 3.8) is 0 Å². The lowest BCUT2D eigenvalue weighted by Gasteiger charge is -2.11. The maximum absolute atomic E-state index is 10.9. The van der Waals surface area contributed by atoms with E-state index in [9.17, 15) is 9.90 Å². The average Bonchev–Trinajstić information content (AvgIpc) is 2.27. The number of aliphatic hydroxyl groups excluding tert-OH is 1. The minimum absolute atomic E-state index is 0.156. The standard InChI is InChI=1S/C11H15NO3/c1-2-15-11(14)12-8-10(13)9-6-4-3-5-7-9/h3-7,10,13H,2,8H2,1H3,(H,12,14)/t10-/m0/s1. The summed E-state index contributed by atoms with van der Waals surface area (Å²) in [6.45, 7) is 2.21. The fourth-order valence-electron chi connectivity index (χ4n) is 1.16. The van der Waals surface area contributed by atoms with E-state index >= 15 is 0 Å². The molecule has 0 unspecified atom stereocenters. The molecule has 4 heteroatoms. The SMILES string of the molecule is CCOC(=O)NC[C@H](O)c1ccccc1. The number of carbonyl (C=O) groups excluding carboxylic acids is 1. The van der Waals surface area contributed by atoms with E-state index < -0.39 is 12.2 Å². The van der Waals surface area contributed by atoms with Crippen molar-refractivity contribution in [1.29, 1.82) is 0 Å². The van der Waals surface area contributed by atoms with Gasteiger partial charge in [0, 0.05) is 0 Å². The molecule has 0 saturated carbocycles. The van der Waals surface area contributed by atoms with Gasteiger partial charge in [-0.1, -0.05) is 30.3 Å². The molecule has 0 fully saturated rings. The Morgan fingerprint density at radius 2 is 2.13 bits per heavy atom. The fourth-order valence-corrected chi connectivity index (χ4v) is 1.16. The maximum Gasteiger partial charge on any atom is 0.407 e. The van der Waals surface area contributed by atoms with Crippen molar-refractivity contribution in [2.75, 3.05) is 13.2 Å². The first kappa shape index (κ1) is 11.5. The second kappa shape index (κ2) is 6.03. The van der Waals surface area contributed by atoms with E-state index in [1.54, 1.807) is 19.1 Å². The Labute approximate surface area is 88.9 Å². The predicted molar refractivity (Wildman–Crippen MR) is 56.4 cm³/mol. The third-order valence-electron chi connectivity index (χ3n) is 1.90. The third kappa shape index (κ3) is 3.99. The first-order valence-electron chi connectivity index (χ1n) is 4.87. The number of benzene rings is 1. The van der Waals surface area contributed by atoms with Crippen molar-refractivity contribution < 1.29 is 14.6 Å². The zero-order valence-corrected chi connectivity index (χ0v) is 8.64. The van der Waals surface area contributed by atoms with Crippen LogP contribution in [-0.2, 0) is 4.74 Å². The van der Waals surface area contributed by atoms with Gasteiger partial charge in [0.25, 0.3) is 0 Å². The molecule has 0 aliphatic rings. The average molecular weight is 209 g/mol. The Kier molecular flexibility index (Phi) is 4.63. The summed E-state index contributed by atoms with van der Waals surface area (Å²) in [7, 11) is 0. The molecule has 1 rings (SSSR count). The lowest BCUT2D eigenvalue weighted by atomic mass is 10.1. The Morgan fingerprint density at radius 1 is 1.47 bits per heavy atom. The van der Waals surface area contributed by atoms with Crippen molar-refractivity contribution in [2.45, 2.75) is 13.0 Å². The molecule has 0 spiro atoms. The number of hydrogen-bond donors (Lipinski definition) is 2.